The van der Waals surface area contributed by atoms with Crippen LogP contribution in [0.5, 0.6) is 5.75 Å². The Balaban J connectivity index is 1.65. The molecular formula is C22H30N6O2. The van der Waals surface area contributed by atoms with E-state index in [0.29, 0.717) is 12.5 Å². The number of nitrogens with zero attached hydrogens (tertiary/aromatic N) is 4. The maximum atomic E-state index is 5.74. The number of aryl methyl sites for hydroxylation is 2. The number of ether oxygens (including phenoxy) is 1. The van der Waals surface area contributed by atoms with Crippen molar-refractivity contribution in [2.75, 3.05) is 13.7 Å². The van der Waals surface area contributed by atoms with Crippen molar-refractivity contribution in [1.82, 2.24) is 25.4 Å². The van der Waals surface area contributed by atoms with Crippen LogP contribution in [0.2, 0.25) is 0 Å². The van der Waals surface area contributed by atoms with Gasteiger partial charge in [0.2, 0.25) is 0 Å². The van der Waals surface area contributed by atoms with E-state index < -0.39 is 0 Å². The number of guanidine groups is 1. The predicted molar refractivity (Wildman–Crippen MR) is 117 cm³/mol. The molecule has 3 aromatic rings. The lowest BCUT2D eigenvalue weighted by Gasteiger charge is -2.17. The third-order valence-corrected chi connectivity index (χ3v) is 4.97. The summed E-state index contributed by atoms with van der Waals surface area (Å²) in [6.45, 7) is 7.08. The standard InChI is InChI=1S/C22H30N6O2/c1-15-6-11-20(30-15)16(2)25-22(24-14-21-27-26-17(3)28(21)4)23-13-12-18-7-9-19(29-5)10-8-18/h6-11,16H,12-14H2,1-5H3,(H2,23,24,25). The average molecular weight is 411 g/mol. The number of nitrogens with one attached hydrogen (secondary N) is 2. The molecule has 0 aliphatic carbocycles. The van der Waals surface area contributed by atoms with E-state index in [0.717, 1.165) is 41.9 Å². The van der Waals surface area contributed by atoms with Crippen molar-refractivity contribution in [2.45, 2.75) is 39.8 Å². The molecule has 1 atom stereocenters. The first kappa shape index (κ1) is 21.4. The van der Waals surface area contributed by atoms with Gasteiger partial charge in [0.15, 0.2) is 11.8 Å². The molecule has 1 aromatic carbocycles. The molecule has 0 aliphatic rings. The lowest BCUT2D eigenvalue weighted by Crippen LogP contribution is -2.39. The van der Waals surface area contributed by atoms with Crippen LogP contribution >= 0.6 is 0 Å². The van der Waals surface area contributed by atoms with Gasteiger partial charge < -0.3 is 24.4 Å². The van der Waals surface area contributed by atoms with Gasteiger partial charge in [-0.25, -0.2) is 4.99 Å². The number of aliphatic imine (C=N–C) groups is 1. The van der Waals surface area contributed by atoms with Crippen LogP contribution < -0.4 is 15.4 Å². The first-order valence-corrected chi connectivity index (χ1v) is 10.0. The van der Waals surface area contributed by atoms with Gasteiger partial charge in [-0.3, -0.25) is 0 Å². The Labute approximate surface area is 177 Å². The maximum Gasteiger partial charge on any atom is 0.192 e. The Morgan fingerprint density at radius 3 is 2.53 bits per heavy atom. The molecular weight excluding hydrogens is 380 g/mol. The largest absolute Gasteiger partial charge is 0.497 e. The SMILES string of the molecule is COc1ccc(CCNC(=NCc2nnc(C)n2C)NC(C)c2ccc(C)o2)cc1. The molecule has 0 saturated carbocycles. The number of furan rings is 1. The van der Waals surface area contributed by atoms with Gasteiger partial charge in [-0.1, -0.05) is 12.1 Å². The minimum Gasteiger partial charge on any atom is -0.497 e. The van der Waals surface area contributed by atoms with Crippen LogP contribution in [0.3, 0.4) is 0 Å². The zero-order valence-electron chi connectivity index (χ0n) is 18.3. The molecule has 0 aliphatic heterocycles. The second kappa shape index (κ2) is 9.96. The molecule has 160 valence electrons. The van der Waals surface area contributed by atoms with Crippen LogP contribution in [0, 0.1) is 13.8 Å². The highest BCUT2D eigenvalue weighted by atomic mass is 16.5. The highest BCUT2D eigenvalue weighted by Crippen LogP contribution is 2.15. The first-order valence-electron chi connectivity index (χ1n) is 10.0. The normalized spacial score (nSPS) is 12.6. The van der Waals surface area contributed by atoms with Gasteiger partial charge in [-0.15, -0.1) is 10.2 Å². The van der Waals surface area contributed by atoms with Crippen molar-refractivity contribution >= 4 is 5.96 Å². The molecule has 2 aromatic heterocycles. The van der Waals surface area contributed by atoms with Crippen LogP contribution in [0.4, 0.5) is 0 Å². The quantitative estimate of drug-likeness (QED) is 0.438. The molecule has 8 nitrogen and oxygen atoms in total. The Kier molecular flexibility index (Phi) is 7.11. The van der Waals surface area contributed by atoms with Crippen LogP contribution in [0.25, 0.3) is 0 Å². The van der Waals surface area contributed by atoms with E-state index in [-0.39, 0.29) is 6.04 Å². The van der Waals surface area contributed by atoms with E-state index in [2.05, 4.69) is 33.0 Å². The second-order valence-electron chi connectivity index (χ2n) is 7.23. The van der Waals surface area contributed by atoms with Crippen molar-refractivity contribution in [3.63, 3.8) is 0 Å². The van der Waals surface area contributed by atoms with Crippen molar-refractivity contribution in [3.8, 4) is 5.75 Å². The minimum absolute atomic E-state index is 0.0211. The molecule has 0 fully saturated rings. The Bertz CT molecular complexity index is 974. The number of hydrogen-bond donors (Lipinski definition) is 2. The summed E-state index contributed by atoms with van der Waals surface area (Å²) in [7, 11) is 3.61. The summed E-state index contributed by atoms with van der Waals surface area (Å²) in [5.41, 5.74) is 1.22. The van der Waals surface area contributed by atoms with Crippen LogP contribution in [0.15, 0.2) is 45.8 Å². The van der Waals surface area contributed by atoms with E-state index in [4.69, 9.17) is 14.1 Å². The summed E-state index contributed by atoms with van der Waals surface area (Å²) in [4.78, 5) is 4.71. The van der Waals surface area contributed by atoms with Crippen molar-refractivity contribution in [3.05, 3.63) is 65.1 Å². The first-order chi connectivity index (χ1) is 14.5. The number of aromatic nitrogens is 3. The number of hydrogen-bond acceptors (Lipinski definition) is 5. The van der Waals surface area contributed by atoms with Crippen LogP contribution in [-0.2, 0) is 20.0 Å². The van der Waals surface area contributed by atoms with Gasteiger partial charge in [0.05, 0.1) is 13.2 Å². The smallest absolute Gasteiger partial charge is 0.192 e. The third-order valence-electron chi connectivity index (χ3n) is 4.97. The van der Waals surface area contributed by atoms with Gasteiger partial charge in [0.25, 0.3) is 0 Å². The summed E-state index contributed by atoms with van der Waals surface area (Å²) in [6, 6.07) is 12.0. The molecule has 0 radical (unpaired) electrons. The number of rotatable bonds is 8. The fourth-order valence-electron chi connectivity index (χ4n) is 2.97. The Hall–Kier alpha value is -3.29. The van der Waals surface area contributed by atoms with E-state index in [1.165, 1.54) is 5.56 Å². The number of benzene rings is 1. The van der Waals surface area contributed by atoms with E-state index in [1.54, 1.807) is 7.11 Å². The molecule has 2 N–H and O–H groups in total. The summed E-state index contributed by atoms with van der Waals surface area (Å²) in [5, 5.41) is 15.1. The monoisotopic (exact) mass is 410 g/mol. The van der Waals surface area contributed by atoms with Gasteiger partial charge in [-0.2, -0.15) is 0 Å². The molecule has 30 heavy (non-hydrogen) atoms. The zero-order chi connectivity index (χ0) is 21.5. The van der Waals surface area contributed by atoms with Gasteiger partial charge >= 0.3 is 0 Å². The van der Waals surface area contributed by atoms with Gasteiger partial charge in [0.1, 0.15) is 29.6 Å². The van der Waals surface area contributed by atoms with Crippen LogP contribution in [-0.4, -0.2) is 34.4 Å². The van der Waals surface area contributed by atoms with E-state index in [1.807, 2.05) is 56.7 Å². The minimum atomic E-state index is -0.0211. The fraction of sp³-hybridized carbons (Fsp3) is 0.409. The molecule has 8 heteroatoms. The van der Waals surface area contributed by atoms with E-state index >= 15 is 0 Å². The molecule has 0 amide bonds. The average Bonchev–Trinajstić information content (AvgIpc) is 3.32. The zero-order valence-corrected chi connectivity index (χ0v) is 18.3. The fourth-order valence-corrected chi connectivity index (χ4v) is 2.97. The third kappa shape index (κ3) is 5.62. The molecule has 2 heterocycles. The molecule has 1 unspecified atom stereocenters. The summed E-state index contributed by atoms with van der Waals surface area (Å²) >= 11 is 0. The van der Waals surface area contributed by atoms with Crippen LogP contribution in [0.1, 0.15) is 41.7 Å². The summed E-state index contributed by atoms with van der Waals surface area (Å²) < 4.78 is 12.9. The lowest BCUT2D eigenvalue weighted by molar-refractivity contribution is 0.414. The maximum absolute atomic E-state index is 5.74. The summed E-state index contributed by atoms with van der Waals surface area (Å²) in [5.74, 6) is 4.99. The topological polar surface area (TPSA) is 89.5 Å². The Morgan fingerprint density at radius 2 is 1.93 bits per heavy atom. The lowest BCUT2D eigenvalue weighted by atomic mass is 10.1. The van der Waals surface area contributed by atoms with Crippen molar-refractivity contribution < 1.29 is 9.15 Å². The Morgan fingerprint density at radius 1 is 1.17 bits per heavy atom. The molecule has 3 rings (SSSR count). The van der Waals surface area contributed by atoms with Gasteiger partial charge in [0, 0.05) is 13.6 Å². The highest BCUT2D eigenvalue weighted by Gasteiger charge is 2.12. The van der Waals surface area contributed by atoms with Crippen molar-refractivity contribution in [1.29, 1.82) is 0 Å². The molecule has 0 saturated heterocycles. The predicted octanol–water partition coefficient (Wildman–Crippen LogP) is 3.07. The van der Waals surface area contributed by atoms with Crippen molar-refractivity contribution in [2.24, 2.45) is 12.0 Å². The second-order valence-corrected chi connectivity index (χ2v) is 7.23. The number of methoxy groups -OCH3 is 1. The van der Waals surface area contributed by atoms with E-state index in [9.17, 15) is 0 Å². The molecule has 0 bridgehead atoms. The highest BCUT2D eigenvalue weighted by molar-refractivity contribution is 5.80. The van der Waals surface area contributed by atoms with Gasteiger partial charge in [-0.05, 0) is 57.0 Å². The summed E-state index contributed by atoms with van der Waals surface area (Å²) in [6.07, 6.45) is 0.863. The molecule has 0 spiro atoms.